The molecule has 2 rings (SSSR count). The Morgan fingerprint density at radius 2 is 1.90 bits per heavy atom. The van der Waals surface area contributed by atoms with Gasteiger partial charge in [0.25, 0.3) is 5.91 Å². The first kappa shape index (κ1) is 21.7. The summed E-state index contributed by atoms with van der Waals surface area (Å²) in [5.74, 6) is -1.02. The van der Waals surface area contributed by atoms with Crippen LogP contribution in [-0.4, -0.2) is 38.7 Å². The summed E-state index contributed by atoms with van der Waals surface area (Å²) in [6.07, 6.45) is -2.57. The van der Waals surface area contributed by atoms with Crippen molar-refractivity contribution in [2.45, 2.75) is 6.18 Å². The number of nitrogens with one attached hydrogen (secondary N) is 1. The fourth-order valence-electron chi connectivity index (χ4n) is 2.47. The normalized spacial score (nSPS) is 12.9. The summed E-state index contributed by atoms with van der Waals surface area (Å²) in [6.45, 7) is 0. The lowest BCUT2D eigenvalue weighted by Crippen LogP contribution is -2.28. The SMILES string of the molecule is CN=CC(C(=O)Nc1ccccc1-c1cccc(/C=N/OC)c1)=C(N)C(F)(F)F. The van der Waals surface area contributed by atoms with E-state index in [0.29, 0.717) is 11.3 Å². The van der Waals surface area contributed by atoms with Gasteiger partial charge in [-0.3, -0.25) is 9.79 Å². The van der Waals surface area contributed by atoms with Gasteiger partial charge in [-0.2, -0.15) is 13.2 Å². The number of benzene rings is 2. The molecule has 0 radical (unpaired) electrons. The Bertz CT molecular complexity index is 966. The fourth-order valence-corrected chi connectivity index (χ4v) is 2.47. The molecule has 0 unspecified atom stereocenters. The number of carbonyl (C=O) groups is 1. The van der Waals surface area contributed by atoms with Crippen molar-refractivity contribution in [1.82, 2.24) is 0 Å². The van der Waals surface area contributed by atoms with Crippen molar-refractivity contribution in [3.05, 3.63) is 65.4 Å². The average molecular weight is 404 g/mol. The highest BCUT2D eigenvalue weighted by Gasteiger charge is 2.35. The number of amides is 1. The zero-order valence-corrected chi connectivity index (χ0v) is 15.7. The molecule has 0 aliphatic carbocycles. The number of aliphatic imine (C=N–C) groups is 1. The molecule has 9 heteroatoms. The van der Waals surface area contributed by atoms with Crippen LogP contribution in [0.5, 0.6) is 0 Å². The lowest BCUT2D eigenvalue weighted by Gasteiger charge is -2.14. The molecule has 29 heavy (non-hydrogen) atoms. The van der Waals surface area contributed by atoms with Crippen molar-refractivity contribution in [3.8, 4) is 11.1 Å². The molecule has 0 saturated heterocycles. The zero-order chi connectivity index (χ0) is 21.4. The minimum atomic E-state index is -4.86. The number of hydrogen-bond donors (Lipinski definition) is 2. The number of para-hydroxylation sites is 1. The Morgan fingerprint density at radius 1 is 1.17 bits per heavy atom. The Balaban J connectivity index is 2.44. The highest BCUT2D eigenvalue weighted by molar-refractivity contribution is 6.19. The Kier molecular flexibility index (Phi) is 7.13. The average Bonchev–Trinajstić information content (AvgIpc) is 2.69. The molecule has 0 aliphatic heterocycles. The van der Waals surface area contributed by atoms with Crippen molar-refractivity contribution >= 4 is 24.0 Å². The van der Waals surface area contributed by atoms with Crippen molar-refractivity contribution < 1.29 is 22.8 Å². The quantitative estimate of drug-likeness (QED) is 0.437. The van der Waals surface area contributed by atoms with E-state index in [9.17, 15) is 18.0 Å². The number of nitrogens with two attached hydrogens (primary N) is 1. The third-order valence-electron chi connectivity index (χ3n) is 3.78. The van der Waals surface area contributed by atoms with E-state index in [0.717, 1.165) is 17.3 Å². The molecule has 6 nitrogen and oxygen atoms in total. The second kappa shape index (κ2) is 9.54. The molecule has 152 valence electrons. The van der Waals surface area contributed by atoms with Gasteiger partial charge >= 0.3 is 6.18 Å². The number of alkyl halides is 3. The van der Waals surface area contributed by atoms with Gasteiger partial charge in [-0.25, -0.2) is 0 Å². The van der Waals surface area contributed by atoms with Crippen LogP contribution in [-0.2, 0) is 9.63 Å². The number of allylic oxidation sites excluding steroid dienone is 1. The van der Waals surface area contributed by atoms with Gasteiger partial charge < -0.3 is 15.9 Å². The molecule has 0 aromatic heterocycles. The second-order valence-electron chi connectivity index (χ2n) is 5.75. The third-order valence-corrected chi connectivity index (χ3v) is 3.78. The predicted molar refractivity (Wildman–Crippen MR) is 107 cm³/mol. The van der Waals surface area contributed by atoms with Crippen LogP contribution in [0.15, 0.2) is 69.9 Å². The molecule has 0 aliphatic rings. The Morgan fingerprint density at radius 3 is 2.55 bits per heavy atom. The van der Waals surface area contributed by atoms with E-state index in [4.69, 9.17) is 5.73 Å². The summed E-state index contributed by atoms with van der Waals surface area (Å²) in [5, 5.41) is 6.18. The van der Waals surface area contributed by atoms with Crippen molar-refractivity contribution in [2.24, 2.45) is 15.9 Å². The number of anilines is 1. The van der Waals surface area contributed by atoms with Crippen LogP contribution in [0.2, 0.25) is 0 Å². The number of halogens is 3. The van der Waals surface area contributed by atoms with Crippen LogP contribution < -0.4 is 11.1 Å². The summed E-state index contributed by atoms with van der Waals surface area (Å²) in [6, 6.07) is 13.9. The maximum Gasteiger partial charge on any atom is 0.431 e. The molecule has 0 bridgehead atoms. The highest BCUT2D eigenvalue weighted by Crippen LogP contribution is 2.29. The number of rotatable bonds is 6. The number of hydrogen-bond acceptors (Lipinski definition) is 5. The molecule has 0 saturated carbocycles. The van der Waals surface area contributed by atoms with Crippen LogP contribution in [0.3, 0.4) is 0 Å². The topological polar surface area (TPSA) is 89.1 Å². The summed E-state index contributed by atoms with van der Waals surface area (Å²) >= 11 is 0. The van der Waals surface area contributed by atoms with Crippen molar-refractivity contribution in [2.75, 3.05) is 19.5 Å². The highest BCUT2D eigenvalue weighted by atomic mass is 19.4. The Hall–Kier alpha value is -3.62. The van der Waals surface area contributed by atoms with Gasteiger partial charge in [0.1, 0.15) is 12.8 Å². The monoisotopic (exact) mass is 404 g/mol. The summed E-state index contributed by atoms with van der Waals surface area (Å²) in [5.41, 5.74) is 5.22. The lowest BCUT2D eigenvalue weighted by atomic mass is 10.0. The first-order chi connectivity index (χ1) is 13.8. The minimum absolute atomic E-state index is 0.315. The zero-order valence-electron chi connectivity index (χ0n) is 15.7. The van der Waals surface area contributed by atoms with E-state index in [2.05, 4.69) is 20.3 Å². The number of carbonyl (C=O) groups excluding carboxylic acids is 1. The molecule has 0 fully saturated rings. The van der Waals surface area contributed by atoms with E-state index in [1.165, 1.54) is 20.4 Å². The van der Waals surface area contributed by atoms with Crippen LogP contribution in [0, 0.1) is 0 Å². The molecule has 1 amide bonds. The second-order valence-corrected chi connectivity index (χ2v) is 5.75. The van der Waals surface area contributed by atoms with Gasteiger partial charge in [0, 0.05) is 24.5 Å². The first-order valence-electron chi connectivity index (χ1n) is 8.34. The van der Waals surface area contributed by atoms with Gasteiger partial charge in [0.2, 0.25) is 0 Å². The van der Waals surface area contributed by atoms with E-state index in [-0.39, 0.29) is 0 Å². The van der Waals surface area contributed by atoms with Gasteiger partial charge in [-0.15, -0.1) is 0 Å². The van der Waals surface area contributed by atoms with Crippen LogP contribution in [0.1, 0.15) is 5.56 Å². The van der Waals surface area contributed by atoms with Crippen LogP contribution >= 0.6 is 0 Å². The smallest absolute Gasteiger partial charge is 0.399 e. The van der Waals surface area contributed by atoms with Gasteiger partial charge in [-0.05, 0) is 23.3 Å². The first-order valence-corrected chi connectivity index (χ1v) is 8.34. The summed E-state index contributed by atoms with van der Waals surface area (Å²) in [4.78, 5) is 20.7. The van der Waals surface area contributed by atoms with E-state index in [1.807, 2.05) is 0 Å². The third kappa shape index (κ3) is 5.68. The molecule has 0 atom stereocenters. The van der Waals surface area contributed by atoms with Crippen LogP contribution in [0.25, 0.3) is 11.1 Å². The van der Waals surface area contributed by atoms with Gasteiger partial charge in [-0.1, -0.05) is 41.6 Å². The van der Waals surface area contributed by atoms with E-state index in [1.54, 1.807) is 48.5 Å². The molecular weight excluding hydrogens is 385 g/mol. The van der Waals surface area contributed by atoms with Crippen LogP contribution in [0.4, 0.5) is 18.9 Å². The molecule has 0 spiro atoms. The maximum atomic E-state index is 13.0. The lowest BCUT2D eigenvalue weighted by molar-refractivity contribution is -0.114. The number of nitrogens with zero attached hydrogens (tertiary/aromatic N) is 2. The van der Waals surface area contributed by atoms with Crippen molar-refractivity contribution in [3.63, 3.8) is 0 Å². The fraction of sp³-hybridized carbons (Fsp3) is 0.150. The molecule has 3 N–H and O–H groups in total. The van der Waals surface area contributed by atoms with E-state index < -0.39 is 23.4 Å². The number of oxime groups is 1. The summed E-state index contributed by atoms with van der Waals surface area (Å²) in [7, 11) is 2.67. The Labute approximate surface area is 165 Å². The molecule has 2 aromatic rings. The predicted octanol–water partition coefficient (Wildman–Crippen LogP) is 3.75. The van der Waals surface area contributed by atoms with E-state index >= 15 is 0 Å². The minimum Gasteiger partial charge on any atom is -0.399 e. The maximum absolute atomic E-state index is 13.0. The van der Waals surface area contributed by atoms with Gasteiger partial charge in [0.15, 0.2) is 0 Å². The standard InChI is InChI=1S/C20H19F3N4O2/c1-25-12-16(18(24)20(21,22)23)19(28)27-17-9-4-3-8-15(17)14-7-5-6-13(10-14)11-26-29-2/h3-12H,24H2,1-2H3,(H,27,28)/b18-16?,25-12?,26-11+. The molecule has 2 aromatic carbocycles. The largest absolute Gasteiger partial charge is 0.431 e. The molecule has 0 heterocycles. The van der Waals surface area contributed by atoms with Gasteiger partial charge in [0.05, 0.1) is 11.8 Å². The molecular formula is C20H19F3N4O2. The van der Waals surface area contributed by atoms with Crippen molar-refractivity contribution in [1.29, 1.82) is 0 Å². The summed E-state index contributed by atoms with van der Waals surface area (Å²) < 4.78 is 38.9.